The normalized spacial score (nSPS) is 28.3. The zero-order chi connectivity index (χ0) is 13.0. The van der Waals surface area contributed by atoms with Gasteiger partial charge in [0.15, 0.2) is 0 Å². The van der Waals surface area contributed by atoms with E-state index in [4.69, 9.17) is 11.6 Å². The minimum Gasteiger partial charge on any atom is -0.389 e. The van der Waals surface area contributed by atoms with E-state index in [0.717, 1.165) is 24.8 Å². The molecule has 3 nitrogen and oxygen atoms in total. The van der Waals surface area contributed by atoms with Crippen LogP contribution >= 0.6 is 11.6 Å². The van der Waals surface area contributed by atoms with Gasteiger partial charge in [0.05, 0.1) is 10.6 Å². The number of hydrogen-bond acceptors (Lipinski definition) is 3. The average Bonchev–Trinajstić information content (AvgIpc) is 2.31. The molecule has 18 heavy (non-hydrogen) atoms. The summed E-state index contributed by atoms with van der Waals surface area (Å²) in [5.41, 5.74) is 0.482. The van der Waals surface area contributed by atoms with E-state index < -0.39 is 5.60 Å². The van der Waals surface area contributed by atoms with Gasteiger partial charge in [-0.15, -0.1) is 0 Å². The minimum atomic E-state index is -0.544. The van der Waals surface area contributed by atoms with Gasteiger partial charge in [-0.3, -0.25) is 4.98 Å². The Morgan fingerprint density at radius 2 is 2.44 bits per heavy atom. The highest BCUT2D eigenvalue weighted by atomic mass is 35.5. The van der Waals surface area contributed by atoms with E-state index in [1.165, 1.54) is 6.42 Å². The lowest BCUT2D eigenvalue weighted by atomic mass is 9.79. The zero-order valence-electron chi connectivity index (χ0n) is 10.8. The van der Waals surface area contributed by atoms with Crippen molar-refractivity contribution in [1.82, 2.24) is 10.3 Å². The van der Waals surface area contributed by atoms with Gasteiger partial charge < -0.3 is 10.4 Å². The standard InChI is InChI=1S/C14H21ClN2O/c1-11-3-2-5-14(18,7-11)10-17-8-12-4-6-16-9-13(12)15/h4,6,9,11,17-18H,2-3,5,7-8,10H2,1H3. The van der Waals surface area contributed by atoms with Gasteiger partial charge in [0.2, 0.25) is 0 Å². The fourth-order valence-electron chi connectivity index (χ4n) is 2.77. The van der Waals surface area contributed by atoms with Crippen LogP contribution in [0.3, 0.4) is 0 Å². The van der Waals surface area contributed by atoms with E-state index in [1.807, 2.05) is 6.07 Å². The van der Waals surface area contributed by atoms with Crippen molar-refractivity contribution in [3.05, 3.63) is 29.0 Å². The van der Waals surface area contributed by atoms with Crippen LogP contribution in [0.2, 0.25) is 5.02 Å². The largest absolute Gasteiger partial charge is 0.389 e. The molecule has 1 fully saturated rings. The van der Waals surface area contributed by atoms with Crippen LogP contribution < -0.4 is 5.32 Å². The molecule has 0 saturated heterocycles. The van der Waals surface area contributed by atoms with Crippen molar-refractivity contribution in [1.29, 1.82) is 0 Å². The van der Waals surface area contributed by atoms with Crippen molar-refractivity contribution in [3.63, 3.8) is 0 Å². The zero-order valence-corrected chi connectivity index (χ0v) is 11.6. The summed E-state index contributed by atoms with van der Waals surface area (Å²) in [5, 5.41) is 14.5. The van der Waals surface area contributed by atoms with Gasteiger partial charge in [0, 0.05) is 25.5 Å². The summed E-state index contributed by atoms with van der Waals surface area (Å²) in [4.78, 5) is 3.96. The van der Waals surface area contributed by atoms with Crippen LogP contribution in [-0.2, 0) is 6.54 Å². The Balaban J connectivity index is 1.83. The molecule has 0 radical (unpaired) electrons. The Morgan fingerprint density at radius 1 is 1.61 bits per heavy atom. The summed E-state index contributed by atoms with van der Waals surface area (Å²) in [6, 6.07) is 1.91. The van der Waals surface area contributed by atoms with Crippen LogP contribution in [0, 0.1) is 5.92 Å². The van der Waals surface area contributed by atoms with Crippen molar-refractivity contribution >= 4 is 11.6 Å². The molecule has 1 aromatic heterocycles. The number of nitrogens with zero attached hydrogens (tertiary/aromatic N) is 1. The molecular weight excluding hydrogens is 248 g/mol. The molecule has 1 heterocycles. The highest BCUT2D eigenvalue weighted by Gasteiger charge is 2.31. The van der Waals surface area contributed by atoms with Gasteiger partial charge in [0.1, 0.15) is 0 Å². The fraction of sp³-hybridized carbons (Fsp3) is 0.643. The lowest BCUT2D eigenvalue weighted by Gasteiger charge is -2.35. The molecule has 1 aromatic rings. The Hall–Kier alpha value is -0.640. The van der Waals surface area contributed by atoms with Gasteiger partial charge in [0.25, 0.3) is 0 Å². The summed E-state index contributed by atoms with van der Waals surface area (Å²) < 4.78 is 0. The van der Waals surface area contributed by atoms with Gasteiger partial charge in [-0.05, 0) is 30.4 Å². The van der Waals surface area contributed by atoms with Crippen molar-refractivity contribution in [2.45, 2.75) is 44.8 Å². The quantitative estimate of drug-likeness (QED) is 0.883. The van der Waals surface area contributed by atoms with Crippen LogP contribution in [0.25, 0.3) is 0 Å². The predicted molar refractivity (Wildman–Crippen MR) is 73.5 cm³/mol. The maximum Gasteiger partial charge on any atom is 0.0774 e. The van der Waals surface area contributed by atoms with Gasteiger partial charge >= 0.3 is 0 Å². The first-order valence-corrected chi connectivity index (χ1v) is 6.98. The molecule has 2 rings (SSSR count). The number of rotatable bonds is 4. The van der Waals surface area contributed by atoms with E-state index in [2.05, 4.69) is 17.2 Å². The van der Waals surface area contributed by atoms with Crippen LogP contribution in [0.15, 0.2) is 18.5 Å². The summed E-state index contributed by atoms with van der Waals surface area (Å²) in [6.07, 6.45) is 7.53. The molecular formula is C14H21ClN2O. The van der Waals surface area contributed by atoms with Crippen molar-refractivity contribution in [3.8, 4) is 0 Å². The third kappa shape index (κ3) is 3.67. The molecule has 1 aliphatic rings. The second-order valence-electron chi connectivity index (χ2n) is 5.50. The number of aliphatic hydroxyl groups is 1. The van der Waals surface area contributed by atoms with Gasteiger partial charge in [-0.2, -0.15) is 0 Å². The van der Waals surface area contributed by atoms with Crippen molar-refractivity contribution in [2.75, 3.05) is 6.54 Å². The number of halogens is 1. The van der Waals surface area contributed by atoms with Crippen molar-refractivity contribution < 1.29 is 5.11 Å². The molecule has 0 aromatic carbocycles. The first kappa shape index (κ1) is 13.8. The molecule has 2 N–H and O–H groups in total. The summed E-state index contributed by atoms with van der Waals surface area (Å²) in [5.74, 6) is 0.620. The fourth-order valence-corrected chi connectivity index (χ4v) is 2.96. The Morgan fingerprint density at radius 3 is 3.17 bits per heavy atom. The molecule has 0 spiro atoms. The topological polar surface area (TPSA) is 45.1 Å². The molecule has 0 bridgehead atoms. The molecule has 2 atom stereocenters. The van der Waals surface area contributed by atoms with E-state index in [-0.39, 0.29) is 0 Å². The Labute approximate surface area is 114 Å². The number of hydrogen-bond donors (Lipinski definition) is 2. The highest BCUT2D eigenvalue weighted by Crippen LogP contribution is 2.31. The smallest absolute Gasteiger partial charge is 0.0774 e. The van der Waals surface area contributed by atoms with Crippen LogP contribution in [0.5, 0.6) is 0 Å². The van der Waals surface area contributed by atoms with Crippen LogP contribution in [0.1, 0.15) is 38.2 Å². The average molecular weight is 269 g/mol. The van der Waals surface area contributed by atoms with E-state index in [1.54, 1.807) is 12.4 Å². The molecule has 100 valence electrons. The summed E-state index contributed by atoms with van der Waals surface area (Å²) >= 11 is 6.04. The lowest BCUT2D eigenvalue weighted by molar-refractivity contribution is -0.0119. The van der Waals surface area contributed by atoms with E-state index in [0.29, 0.717) is 24.0 Å². The highest BCUT2D eigenvalue weighted by molar-refractivity contribution is 6.31. The minimum absolute atomic E-state index is 0.544. The monoisotopic (exact) mass is 268 g/mol. The van der Waals surface area contributed by atoms with E-state index in [9.17, 15) is 5.11 Å². The first-order chi connectivity index (χ1) is 8.59. The second kappa shape index (κ2) is 6.00. The van der Waals surface area contributed by atoms with Crippen molar-refractivity contribution in [2.24, 2.45) is 5.92 Å². The molecule has 1 aliphatic carbocycles. The maximum atomic E-state index is 10.5. The maximum absolute atomic E-state index is 10.5. The lowest BCUT2D eigenvalue weighted by Crippen LogP contribution is -2.43. The summed E-state index contributed by atoms with van der Waals surface area (Å²) in [6.45, 7) is 3.53. The van der Waals surface area contributed by atoms with E-state index >= 15 is 0 Å². The second-order valence-corrected chi connectivity index (χ2v) is 5.90. The van der Waals surface area contributed by atoms with Gasteiger partial charge in [-0.25, -0.2) is 0 Å². The Kier molecular flexibility index (Phi) is 4.60. The summed E-state index contributed by atoms with van der Waals surface area (Å²) in [7, 11) is 0. The Bertz CT molecular complexity index is 399. The van der Waals surface area contributed by atoms with Gasteiger partial charge in [-0.1, -0.05) is 31.4 Å². The molecule has 4 heteroatoms. The number of aromatic nitrogens is 1. The number of nitrogens with one attached hydrogen (secondary N) is 1. The van der Waals surface area contributed by atoms with Crippen LogP contribution in [-0.4, -0.2) is 22.2 Å². The van der Waals surface area contributed by atoms with Crippen LogP contribution in [0.4, 0.5) is 0 Å². The number of pyridine rings is 1. The third-order valence-electron chi connectivity index (χ3n) is 3.69. The molecule has 0 aliphatic heterocycles. The molecule has 1 saturated carbocycles. The molecule has 2 unspecified atom stereocenters. The molecule has 0 amide bonds. The predicted octanol–water partition coefficient (Wildman–Crippen LogP) is 2.77. The SMILES string of the molecule is CC1CCCC(O)(CNCc2ccncc2Cl)C1. The third-order valence-corrected chi connectivity index (χ3v) is 4.03. The first-order valence-electron chi connectivity index (χ1n) is 6.60.